The van der Waals surface area contributed by atoms with Crippen LogP contribution in [0.5, 0.6) is 0 Å². The Hall–Kier alpha value is -0.210. The second kappa shape index (κ2) is 5.42. The van der Waals surface area contributed by atoms with Crippen LogP contribution in [0.25, 0.3) is 0 Å². The number of fused-ring (bicyclic) bond motifs is 1. The zero-order valence-electron chi connectivity index (χ0n) is 9.35. The lowest BCUT2D eigenvalue weighted by molar-refractivity contribution is -0.117. The summed E-state index contributed by atoms with van der Waals surface area (Å²) in [5.41, 5.74) is 2.34. The van der Waals surface area contributed by atoms with Crippen LogP contribution in [-0.2, 0) is 15.8 Å². The molecule has 7 heteroatoms. The second-order valence-corrected chi connectivity index (χ2v) is 10.8. The predicted molar refractivity (Wildman–Crippen MR) is 75.8 cm³/mol. The quantitative estimate of drug-likeness (QED) is 0.710. The third-order valence-corrected chi connectivity index (χ3v) is 2.77. The van der Waals surface area contributed by atoms with Gasteiger partial charge in [0.2, 0.25) is 5.91 Å². The summed E-state index contributed by atoms with van der Waals surface area (Å²) < 4.78 is 9.51. The Kier molecular flexibility index (Phi) is 4.28. The summed E-state index contributed by atoms with van der Waals surface area (Å²) in [7, 11) is 0. The third kappa shape index (κ3) is 3.89. The highest BCUT2D eigenvalue weighted by Gasteiger charge is 2.38. The van der Waals surface area contributed by atoms with Crippen LogP contribution in [0.3, 0.4) is 0 Å². The number of para-hydroxylation sites is 1. The third-order valence-electron chi connectivity index (χ3n) is 2.77. The van der Waals surface area contributed by atoms with Gasteiger partial charge in [0.05, 0.1) is 6.42 Å². The number of anilines is 1. The van der Waals surface area contributed by atoms with Gasteiger partial charge < -0.3 is 4.90 Å². The van der Waals surface area contributed by atoms with Crippen molar-refractivity contribution >= 4 is 50.5 Å². The van der Waals surface area contributed by atoms with Crippen molar-refractivity contribution in [1.82, 2.24) is 0 Å². The van der Waals surface area contributed by atoms with Crippen molar-refractivity contribution in [2.24, 2.45) is 0 Å². The van der Waals surface area contributed by atoms with E-state index in [1.165, 1.54) is 18.4 Å². The molecule has 3 rings (SSSR count). The number of benzene rings is 1. The minimum absolute atomic E-state index is 0.281. The Labute approximate surface area is 120 Å². The van der Waals surface area contributed by atoms with Gasteiger partial charge in [-0.3, -0.25) is 9.36 Å². The molecule has 3 nitrogen and oxygen atoms in total. The molecule has 18 heavy (non-hydrogen) atoms. The van der Waals surface area contributed by atoms with E-state index >= 15 is 0 Å². The molecule has 0 N–H and O–H groups in total. The van der Waals surface area contributed by atoms with Gasteiger partial charge in [-0.2, -0.15) is 0 Å². The van der Waals surface area contributed by atoms with Crippen LogP contribution in [0.15, 0.2) is 24.3 Å². The summed E-state index contributed by atoms with van der Waals surface area (Å²) in [4.78, 5) is 13.6. The summed E-state index contributed by atoms with van der Waals surface area (Å²) in [6.45, 7) is 0. The lowest BCUT2D eigenvalue weighted by Gasteiger charge is -2.15. The largest absolute Gasteiger partial charge is 0.339 e. The highest BCUT2D eigenvalue weighted by atomic mass is 36.0. The molecule has 0 bridgehead atoms. The van der Waals surface area contributed by atoms with Gasteiger partial charge in [-0.1, -0.05) is 18.2 Å². The maximum Gasteiger partial charge on any atom is 0.339 e. The number of hydrogen-bond donors (Lipinski definition) is 0. The Morgan fingerprint density at radius 3 is 2.28 bits per heavy atom. The minimum Gasteiger partial charge on any atom is -0.309 e. The Morgan fingerprint density at radius 1 is 1.17 bits per heavy atom. The molecule has 1 saturated carbocycles. The summed E-state index contributed by atoms with van der Waals surface area (Å²) in [6.07, 6.45) is 2.97. The normalized spacial score (nSPS) is 18.2. The number of halogens is 3. The van der Waals surface area contributed by atoms with Crippen molar-refractivity contribution in [2.75, 3.05) is 4.90 Å². The monoisotopic (exact) mass is 325 g/mol. The van der Waals surface area contributed by atoms with Crippen molar-refractivity contribution in [3.8, 4) is 0 Å². The topological polar surface area (TPSA) is 37.4 Å². The van der Waals surface area contributed by atoms with Gasteiger partial charge in [-0.15, -0.1) is 0 Å². The van der Waals surface area contributed by atoms with E-state index in [1.807, 2.05) is 17.0 Å². The van der Waals surface area contributed by atoms with Crippen LogP contribution in [-0.4, -0.2) is 11.9 Å². The summed E-state index contributed by atoms with van der Waals surface area (Å²) in [6, 6.07) is 8.62. The Balaban J connectivity index is 0.000000209. The number of amides is 1. The average Bonchev–Trinajstić information content (AvgIpc) is 2.98. The number of nitrogens with zero attached hydrogens (tertiary/aromatic N) is 1. The Bertz CT molecular complexity index is 505. The average molecular weight is 327 g/mol. The van der Waals surface area contributed by atoms with Crippen LogP contribution in [0.1, 0.15) is 18.4 Å². The van der Waals surface area contributed by atoms with E-state index in [0.717, 1.165) is 5.69 Å². The molecule has 0 spiro atoms. The molecule has 1 aromatic carbocycles. The number of carbonyl (C=O) groups is 1. The molecule has 98 valence electrons. The van der Waals surface area contributed by atoms with Gasteiger partial charge in [-0.25, -0.2) is 0 Å². The van der Waals surface area contributed by atoms with E-state index in [9.17, 15) is 9.36 Å². The number of hydrogen-bond acceptors (Lipinski definition) is 2. The minimum atomic E-state index is -3.22. The first-order valence-electron chi connectivity index (χ1n) is 5.45. The van der Waals surface area contributed by atoms with Gasteiger partial charge >= 0.3 is 5.20 Å². The lowest BCUT2D eigenvalue weighted by Crippen LogP contribution is -2.28. The van der Waals surface area contributed by atoms with E-state index in [0.29, 0.717) is 12.5 Å². The summed E-state index contributed by atoms with van der Waals surface area (Å²) >= 11 is 13.8. The molecule has 0 atom stereocenters. The number of carbonyl (C=O) groups excluding carboxylic acids is 1. The van der Waals surface area contributed by atoms with Gasteiger partial charge in [-0.05, 0) is 58.2 Å². The van der Waals surface area contributed by atoms with Crippen molar-refractivity contribution in [3.63, 3.8) is 0 Å². The SMILES string of the molecule is O=C1Cc2ccccc2N1C1CC1.O=P(Cl)(Cl)Cl. The predicted octanol–water partition coefficient (Wildman–Crippen LogP) is 4.55. The zero-order chi connectivity index (χ0) is 13.3. The fourth-order valence-corrected chi connectivity index (χ4v) is 2.01. The molecule has 1 fully saturated rings. The molecular formula is C11H11Cl3NO2P. The molecule has 0 unspecified atom stereocenters. The van der Waals surface area contributed by atoms with Gasteiger partial charge in [0.1, 0.15) is 0 Å². The van der Waals surface area contributed by atoms with Gasteiger partial charge in [0, 0.05) is 11.7 Å². The summed E-state index contributed by atoms with van der Waals surface area (Å²) in [5, 5.41) is -3.22. The van der Waals surface area contributed by atoms with Crippen molar-refractivity contribution in [3.05, 3.63) is 29.8 Å². The van der Waals surface area contributed by atoms with Gasteiger partial charge in [0.15, 0.2) is 0 Å². The molecule has 2 aliphatic rings. The zero-order valence-corrected chi connectivity index (χ0v) is 12.5. The standard InChI is InChI=1S/C11H11NO.Cl3OP/c13-11-7-8-3-1-2-4-10(8)12(11)9-5-6-9;1-5(2,3)4/h1-4,9H,5-7H2;. The van der Waals surface area contributed by atoms with E-state index in [2.05, 4.69) is 45.9 Å². The summed E-state index contributed by atoms with van der Waals surface area (Å²) in [5.74, 6) is 0.281. The van der Waals surface area contributed by atoms with Crippen LogP contribution in [0.4, 0.5) is 5.69 Å². The second-order valence-electron chi connectivity index (χ2n) is 4.20. The molecule has 1 aromatic rings. The molecule has 1 amide bonds. The van der Waals surface area contributed by atoms with Gasteiger partial charge in [0.25, 0.3) is 0 Å². The van der Waals surface area contributed by atoms with Crippen molar-refractivity contribution < 1.29 is 9.36 Å². The molecule has 0 aromatic heterocycles. The molecule has 0 saturated heterocycles. The fourth-order valence-electron chi connectivity index (χ4n) is 2.01. The van der Waals surface area contributed by atoms with E-state index in [4.69, 9.17) is 0 Å². The molecule has 1 aliphatic heterocycles. The maximum atomic E-state index is 11.6. The van der Waals surface area contributed by atoms with E-state index < -0.39 is 5.20 Å². The van der Waals surface area contributed by atoms with Crippen LogP contribution >= 0.6 is 38.9 Å². The first kappa shape index (κ1) is 14.2. The molecule has 0 radical (unpaired) electrons. The molecule has 1 heterocycles. The van der Waals surface area contributed by atoms with Crippen LogP contribution in [0.2, 0.25) is 0 Å². The van der Waals surface area contributed by atoms with Crippen LogP contribution < -0.4 is 4.90 Å². The Morgan fingerprint density at radius 2 is 1.72 bits per heavy atom. The van der Waals surface area contributed by atoms with Crippen LogP contribution in [0, 0.1) is 0 Å². The fraction of sp³-hybridized carbons (Fsp3) is 0.364. The first-order chi connectivity index (χ1) is 8.36. The highest BCUT2D eigenvalue weighted by molar-refractivity contribution is 8.24. The molecule has 1 aliphatic carbocycles. The number of rotatable bonds is 1. The first-order valence-corrected chi connectivity index (χ1v) is 9.87. The smallest absolute Gasteiger partial charge is 0.309 e. The van der Waals surface area contributed by atoms with E-state index in [1.54, 1.807) is 0 Å². The maximum absolute atomic E-state index is 11.6. The van der Waals surface area contributed by atoms with Crippen molar-refractivity contribution in [2.45, 2.75) is 25.3 Å². The van der Waals surface area contributed by atoms with E-state index in [-0.39, 0.29) is 5.91 Å². The van der Waals surface area contributed by atoms with Crippen molar-refractivity contribution in [1.29, 1.82) is 0 Å². The lowest BCUT2D eigenvalue weighted by atomic mass is 10.2. The highest BCUT2D eigenvalue weighted by Crippen LogP contribution is 2.61. The molecular weight excluding hydrogens is 315 g/mol.